The Balaban J connectivity index is 1.83. The second kappa shape index (κ2) is 5.45. The average Bonchev–Trinajstić information content (AvgIpc) is 2.72. The maximum absolute atomic E-state index is 12.1. The Morgan fingerprint density at radius 1 is 1.59 bits per heavy atom. The fourth-order valence-corrected chi connectivity index (χ4v) is 2.60. The number of Topliss-reactive ketones (excluding diaryl/α,β-unsaturated/α-hetero) is 1. The molecule has 0 bridgehead atoms. The molecule has 1 aromatic rings. The summed E-state index contributed by atoms with van der Waals surface area (Å²) >= 11 is 0. The van der Waals surface area contributed by atoms with E-state index in [1.807, 2.05) is 17.8 Å². The van der Waals surface area contributed by atoms with Crippen LogP contribution in [0.25, 0.3) is 0 Å². The smallest absolute Gasteiger partial charge is 0.136 e. The lowest BCUT2D eigenvalue weighted by Gasteiger charge is -2.25. The highest BCUT2D eigenvalue weighted by Gasteiger charge is 2.24. The van der Waals surface area contributed by atoms with Gasteiger partial charge in [-0.2, -0.15) is 0 Å². The van der Waals surface area contributed by atoms with Crippen LogP contribution in [-0.2, 0) is 18.3 Å². The lowest BCUT2D eigenvalue weighted by Crippen LogP contribution is -2.31. The first-order valence-electron chi connectivity index (χ1n) is 6.41. The van der Waals surface area contributed by atoms with Crippen LogP contribution in [0.5, 0.6) is 0 Å². The molecule has 0 aliphatic heterocycles. The van der Waals surface area contributed by atoms with Crippen LogP contribution in [-0.4, -0.2) is 21.4 Å². The average molecular weight is 235 g/mol. The zero-order valence-corrected chi connectivity index (χ0v) is 10.4. The number of hydrogen-bond acceptors (Lipinski definition) is 3. The molecule has 1 aliphatic rings. The van der Waals surface area contributed by atoms with E-state index in [1.165, 1.54) is 0 Å². The highest BCUT2D eigenvalue weighted by Crippen LogP contribution is 2.25. The summed E-state index contributed by atoms with van der Waals surface area (Å²) in [6, 6.07) is 0.228. The van der Waals surface area contributed by atoms with Gasteiger partial charge in [0.2, 0.25) is 0 Å². The number of carbonyl (C=O) groups excluding carboxylic acids is 1. The molecule has 94 valence electrons. The predicted octanol–water partition coefficient (Wildman–Crippen LogP) is 1.44. The van der Waals surface area contributed by atoms with Crippen LogP contribution < -0.4 is 5.73 Å². The van der Waals surface area contributed by atoms with Gasteiger partial charge >= 0.3 is 0 Å². The number of nitrogens with two attached hydrogens (primary N) is 1. The van der Waals surface area contributed by atoms with Crippen molar-refractivity contribution in [1.82, 2.24) is 9.55 Å². The topological polar surface area (TPSA) is 60.9 Å². The molecule has 2 N–H and O–H groups in total. The van der Waals surface area contributed by atoms with Crippen LogP contribution >= 0.6 is 0 Å². The van der Waals surface area contributed by atoms with Crippen molar-refractivity contribution >= 4 is 5.78 Å². The van der Waals surface area contributed by atoms with Crippen LogP contribution in [0.15, 0.2) is 12.4 Å². The highest BCUT2D eigenvalue weighted by molar-refractivity contribution is 5.81. The maximum atomic E-state index is 12.1. The summed E-state index contributed by atoms with van der Waals surface area (Å²) < 4.78 is 1.97. The molecule has 0 spiro atoms. The van der Waals surface area contributed by atoms with E-state index in [4.69, 9.17) is 5.73 Å². The van der Waals surface area contributed by atoms with Crippen molar-refractivity contribution in [2.24, 2.45) is 18.7 Å². The molecule has 2 atom stereocenters. The Labute approximate surface area is 102 Å². The van der Waals surface area contributed by atoms with E-state index in [0.29, 0.717) is 12.2 Å². The standard InChI is InChI=1S/C13H21N3O/c1-16-8-7-15-13(16)6-5-12(17)10-3-2-4-11(14)9-10/h7-8,10-11H,2-6,9,14H2,1H3. The minimum Gasteiger partial charge on any atom is -0.338 e. The number of imidazole rings is 1. The second-order valence-electron chi connectivity index (χ2n) is 5.04. The zero-order valence-electron chi connectivity index (χ0n) is 10.4. The van der Waals surface area contributed by atoms with Crippen molar-refractivity contribution < 1.29 is 4.79 Å². The summed E-state index contributed by atoms with van der Waals surface area (Å²) in [5, 5.41) is 0. The van der Waals surface area contributed by atoms with Gasteiger partial charge in [0.25, 0.3) is 0 Å². The molecule has 1 saturated carbocycles. The summed E-state index contributed by atoms with van der Waals surface area (Å²) in [5.74, 6) is 1.54. The molecule has 4 heteroatoms. The molecule has 17 heavy (non-hydrogen) atoms. The van der Waals surface area contributed by atoms with E-state index in [9.17, 15) is 4.79 Å². The number of aryl methyl sites for hydroxylation is 2. The van der Waals surface area contributed by atoms with Crippen molar-refractivity contribution in [3.05, 3.63) is 18.2 Å². The number of rotatable bonds is 4. The highest BCUT2D eigenvalue weighted by atomic mass is 16.1. The van der Waals surface area contributed by atoms with Crippen molar-refractivity contribution in [3.8, 4) is 0 Å². The third-order valence-corrected chi connectivity index (χ3v) is 3.69. The van der Waals surface area contributed by atoms with Crippen LogP contribution in [0.1, 0.15) is 37.9 Å². The third kappa shape index (κ3) is 3.16. The van der Waals surface area contributed by atoms with E-state index in [2.05, 4.69) is 4.98 Å². The van der Waals surface area contributed by atoms with E-state index < -0.39 is 0 Å². The number of nitrogens with zero attached hydrogens (tertiary/aromatic N) is 2. The van der Waals surface area contributed by atoms with Crippen molar-refractivity contribution in [2.75, 3.05) is 0 Å². The summed E-state index contributed by atoms with van der Waals surface area (Å²) in [6.07, 6.45) is 9.10. The van der Waals surface area contributed by atoms with Crippen LogP contribution in [0.2, 0.25) is 0 Å². The largest absolute Gasteiger partial charge is 0.338 e. The Morgan fingerprint density at radius 2 is 2.41 bits per heavy atom. The summed E-state index contributed by atoms with van der Waals surface area (Å²) in [7, 11) is 1.96. The summed E-state index contributed by atoms with van der Waals surface area (Å²) in [4.78, 5) is 16.3. The molecule has 0 aromatic carbocycles. The SMILES string of the molecule is Cn1ccnc1CCC(=O)C1CCCC(N)C1. The Kier molecular flexibility index (Phi) is 3.94. The van der Waals surface area contributed by atoms with Crippen molar-refractivity contribution in [2.45, 2.75) is 44.6 Å². The molecule has 0 radical (unpaired) electrons. The fraction of sp³-hybridized carbons (Fsp3) is 0.692. The number of aromatic nitrogens is 2. The molecule has 2 unspecified atom stereocenters. The molecular weight excluding hydrogens is 214 g/mol. The normalized spacial score (nSPS) is 24.8. The van der Waals surface area contributed by atoms with Gasteiger partial charge in [0, 0.05) is 44.2 Å². The molecule has 1 fully saturated rings. The third-order valence-electron chi connectivity index (χ3n) is 3.69. The predicted molar refractivity (Wildman–Crippen MR) is 66.5 cm³/mol. The summed E-state index contributed by atoms with van der Waals surface area (Å²) in [5.41, 5.74) is 5.91. The quantitative estimate of drug-likeness (QED) is 0.859. The van der Waals surface area contributed by atoms with Crippen LogP contribution in [0.3, 0.4) is 0 Å². The maximum Gasteiger partial charge on any atom is 0.136 e. The minimum atomic E-state index is 0.194. The molecular formula is C13H21N3O. The van der Waals surface area contributed by atoms with Gasteiger partial charge in [0.15, 0.2) is 0 Å². The summed E-state index contributed by atoms with van der Waals surface area (Å²) in [6.45, 7) is 0. The first-order chi connectivity index (χ1) is 8.16. The number of hydrogen-bond donors (Lipinski definition) is 1. The van der Waals surface area contributed by atoms with Crippen LogP contribution in [0, 0.1) is 5.92 Å². The zero-order chi connectivity index (χ0) is 12.3. The number of ketones is 1. The molecule has 1 heterocycles. The van der Waals surface area contributed by atoms with E-state index in [0.717, 1.165) is 37.9 Å². The first-order valence-corrected chi connectivity index (χ1v) is 6.41. The lowest BCUT2D eigenvalue weighted by molar-refractivity contribution is -0.123. The molecule has 2 rings (SSSR count). The minimum absolute atomic E-state index is 0.194. The van der Waals surface area contributed by atoms with E-state index in [1.54, 1.807) is 6.20 Å². The van der Waals surface area contributed by atoms with Gasteiger partial charge < -0.3 is 10.3 Å². The monoisotopic (exact) mass is 235 g/mol. The van der Waals surface area contributed by atoms with E-state index >= 15 is 0 Å². The fourth-order valence-electron chi connectivity index (χ4n) is 2.60. The second-order valence-corrected chi connectivity index (χ2v) is 5.04. The van der Waals surface area contributed by atoms with Crippen molar-refractivity contribution in [1.29, 1.82) is 0 Å². The Hall–Kier alpha value is -1.16. The van der Waals surface area contributed by atoms with E-state index in [-0.39, 0.29) is 12.0 Å². The first kappa shape index (κ1) is 12.3. The molecule has 4 nitrogen and oxygen atoms in total. The van der Waals surface area contributed by atoms with Gasteiger partial charge in [0.1, 0.15) is 11.6 Å². The molecule has 0 saturated heterocycles. The molecule has 0 amide bonds. The van der Waals surface area contributed by atoms with Crippen LogP contribution in [0.4, 0.5) is 0 Å². The van der Waals surface area contributed by atoms with Gasteiger partial charge in [-0.1, -0.05) is 6.42 Å². The number of carbonyl (C=O) groups is 1. The van der Waals surface area contributed by atoms with Gasteiger partial charge in [-0.15, -0.1) is 0 Å². The molecule has 1 aromatic heterocycles. The van der Waals surface area contributed by atoms with Gasteiger partial charge in [-0.3, -0.25) is 4.79 Å². The van der Waals surface area contributed by atoms with Gasteiger partial charge in [-0.05, 0) is 19.3 Å². The van der Waals surface area contributed by atoms with Crippen molar-refractivity contribution in [3.63, 3.8) is 0 Å². The van der Waals surface area contributed by atoms with Gasteiger partial charge in [0.05, 0.1) is 0 Å². The molecule has 1 aliphatic carbocycles. The van der Waals surface area contributed by atoms with Gasteiger partial charge in [-0.25, -0.2) is 4.98 Å². The Bertz CT molecular complexity index is 386. The Morgan fingerprint density at radius 3 is 3.06 bits per heavy atom. The lowest BCUT2D eigenvalue weighted by atomic mass is 9.82.